The van der Waals surface area contributed by atoms with Gasteiger partial charge in [0.05, 0.1) is 14.2 Å². The fourth-order valence-corrected chi connectivity index (χ4v) is 4.07. The van der Waals surface area contributed by atoms with Crippen LogP contribution in [0.2, 0.25) is 5.02 Å². The van der Waals surface area contributed by atoms with Crippen LogP contribution in [0.25, 0.3) is 0 Å². The molecule has 196 valence electrons. The van der Waals surface area contributed by atoms with Crippen molar-refractivity contribution in [1.82, 2.24) is 10.2 Å². The molecule has 0 fully saturated rings. The molecule has 2 amide bonds. The normalized spacial score (nSPS) is 11.5. The molecule has 1 atom stereocenters. The van der Waals surface area contributed by atoms with E-state index in [0.29, 0.717) is 28.7 Å². The molecule has 0 aromatic heterocycles. The number of halogens is 1. The van der Waals surface area contributed by atoms with Crippen LogP contribution in [0.15, 0.2) is 72.8 Å². The molecule has 0 unspecified atom stereocenters. The van der Waals surface area contributed by atoms with Gasteiger partial charge < -0.3 is 24.4 Å². The summed E-state index contributed by atoms with van der Waals surface area (Å²) in [7, 11) is 3.08. The number of benzene rings is 3. The molecule has 0 bridgehead atoms. The molecule has 8 heteroatoms. The number of carbonyl (C=O) groups excluding carboxylic acids is 2. The van der Waals surface area contributed by atoms with Gasteiger partial charge in [-0.3, -0.25) is 9.59 Å². The lowest BCUT2D eigenvalue weighted by Gasteiger charge is -2.32. The van der Waals surface area contributed by atoms with Crippen LogP contribution in [-0.4, -0.2) is 49.6 Å². The Bertz CT molecular complexity index is 1160. The van der Waals surface area contributed by atoms with Crippen molar-refractivity contribution >= 4 is 23.4 Å². The van der Waals surface area contributed by atoms with Crippen LogP contribution < -0.4 is 19.5 Å². The third kappa shape index (κ3) is 8.43. The van der Waals surface area contributed by atoms with Gasteiger partial charge in [0.15, 0.2) is 6.61 Å². The van der Waals surface area contributed by atoms with Gasteiger partial charge in [-0.1, -0.05) is 54.1 Å². The SMILES string of the molecule is COc1cc(OC)cc(OCC(=O)N(Cc2cccc(Cl)c2)[C@H](Cc2ccccc2)C(=O)NC(C)C)c1. The molecule has 7 nitrogen and oxygen atoms in total. The Morgan fingerprint density at radius 1 is 0.865 bits per heavy atom. The van der Waals surface area contributed by atoms with Crippen molar-refractivity contribution in [1.29, 1.82) is 0 Å². The van der Waals surface area contributed by atoms with Gasteiger partial charge in [0.25, 0.3) is 5.91 Å². The molecule has 1 N–H and O–H groups in total. The average molecular weight is 525 g/mol. The minimum Gasteiger partial charge on any atom is -0.496 e. The summed E-state index contributed by atoms with van der Waals surface area (Å²) in [6, 6.07) is 21.1. The second-order valence-electron chi connectivity index (χ2n) is 8.86. The van der Waals surface area contributed by atoms with Gasteiger partial charge in [-0.25, -0.2) is 0 Å². The summed E-state index contributed by atoms with van der Waals surface area (Å²) in [6.45, 7) is 3.68. The van der Waals surface area contributed by atoms with Gasteiger partial charge >= 0.3 is 0 Å². The van der Waals surface area contributed by atoms with E-state index in [9.17, 15) is 9.59 Å². The second-order valence-corrected chi connectivity index (χ2v) is 9.29. The van der Waals surface area contributed by atoms with Crippen LogP contribution in [0.4, 0.5) is 0 Å². The summed E-state index contributed by atoms with van der Waals surface area (Å²) in [4.78, 5) is 28.6. The maximum atomic E-state index is 13.7. The number of nitrogens with zero attached hydrogens (tertiary/aromatic N) is 1. The van der Waals surface area contributed by atoms with E-state index >= 15 is 0 Å². The molecule has 0 aliphatic carbocycles. The number of hydrogen-bond acceptors (Lipinski definition) is 5. The van der Waals surface area contributed by atoms with E-state index in [1.54, 1.807) is 35.2 Å². The van der Waals surface area contributed by atoms with Crippen molar-refractivity contribution in [2.24, 2.45) is 0 Å². The zero-order valence-corrected chi connectivity index (χ0v) is 22.3. The van der Waals surface area contributed by atoms with Crippen molar-refractivity contribution in [2.75, 3.05) is 20.8 Å². The van der Waals surface area contributed by atoms with Crippen LogP contribution in [0, 0.1) is 0 Å². The number of methoxy groups -OCH3 is 2. The van der Waals surface area contributed by atoms with Crippen LogP contribution in [0.3, 0.4) is 0 Å². The number of ether oxygens (including phenoxy) is 3. The Morgan fingerprint density at radius 3 is 2.08 bits per heavy atom. The quantitative estimate of drug-likeness (QED) is 0.364. The first-order valence-corrected chi connectivity index (χ1v) is 12.4. The monoisotopic (exact) mass is 524 g/mol. The van der Waals surface area contributed by atoms with Gasteiger partial charge in [0, 0.05) is 42.2 Å². The Hall–Kier alpha value is -3.71. The predicted molar refractivity (Wildman–Crippen MR) is 144 cm³/mol. The maximum Gasteiger partial charge on any atom is 0.261 e. The second kappa shape index (κ2) is 13.6. The highest BCUT2D eigenvalue weighted by atomic mass is 35.5. The van der Waals surface area contributed by atoms with E-state index in [1.165, 1.54) is 14.2 Å². The maximum absolute atomic E-state index is 13.7. The van der Waals surface area contributed by atoms with Gasteiger partial charge in [-0.15, -0.1) is 0 Å². The summed E-state index contributed by atoms with van der Waals surface area (Å²) in [5.74, 6) is 0.907. The smallest absolute Gasteiger partial charge is 0.261 e. The number of hydrogen-bond donors (Lipinski definition) is 1. The third-order valence-electron chi connectivity index (χ3n) is 5.63. The molecule has 0 heterocycles. The first-order chi connectivity index (χ1) is 17.8. The zero-order valence-electron chi connectivity index (χ0n) is 21.6. The Kier molecular flexibility index (Phi) is 10.2. The Labute approximate surface area is 223 Å². The molecule has 3 aromatic rings. The highest BCUT2D eigenvalue weighted by molar-refractivity contribution is 6.30. The fraction of sp³-hybridized carbons (Fsp3) is 0.310. The summed E-state index contributed by atoms with van der Waals surface area (Å²) in [5, 5.41) is 3.52. The molecule has 3 rings (SSSR count). The van der Waals surface area contributed by atoms with E-state index in [0.717, 1.165) is 11.1 Å². The number of carbonyl (C=O) groups is 2. The highest BCUT2D eigenvalue weighted by Crippen LogP contribution is 2.27. The summed E-state index contributed by atoms with van der Waals surface area (Å²) in [6.07, 6.45) is 0.346. The molecule has 3 aromatic carbocycles. The number of rotatable bonds is 12. The predicted octanol–water partition coefficient (Wildman–Crippen LogP) is 4.90. The largest absolute Gasteiger partial charge is 0.496 e. The van der Waals surface area contributed by atoms with E-state index in [-0.39, 0.29) is 31.0 Å². The van der Waals surface area contributed by atoms with Crippen molar-refractivity contribution in [3.05, 3.63) is 88.9 Å². The minimum atomic E-state index is -0.764. The first kappa shape index (κ1) is 27.9. The van der Waals surface area contributed by atoms with Crippen molar-refractivity contribution in [3.8, 4) is 17.2 Å². The summed E-state index contributed by atoms with van der Waals surface area (Å²) < 4.78 is 16.4. The molecular weight excluding hydrogens is 492 g/mol. The van der Waals surface area contributed by atoms with Crippen LogP contribution in [-0.2, 0) is 22.6 Å². The molecule has 0 aliphatic rings. The van der Waals surface area contributed by atoms with Gasteiger partial charge in [0.2, 0.25) is 5.91 Å². The van der Waals surface area contributed by atoms with E-state index in [1.807, 2.05) is 56.3 Å². The van der Waals surface area contributed by atoms with E-state index < -0.39 is 6.04 Å². The topological polar surface area (TPSA) is 77.1 Å². The van der Waals surface area contributed by atoms with Crippen LogP contribution in [0.5, 0.6) is 17.2 Å². The van der Waals surface area contributed by atoms with Crippen LogP contribution in [0.1, 0.15) is 25.0 Å². The zero-order chi connectivity index (χ0) is 26.8. The van der Waals surface area contributed by atoms with Crippen molar-refractivity contribution in [2.45, 2.75) is 38.9 Å². The van der Waals surface area contributed by atoms with Crippen molar-refractivity contribution < 1.29 is 23.8 Å². The molecule has 0 saturated carbocycles. The highest BCUT2D eigenvalue weighted by Gasteiger charge is 2.31. The summed E-state index contributed by atoms with van der Waals surface area (Å²) >= 11 is 6.22. The minimum absolute atomic E-state index is 0.0885. The number of amides is 2. The molecular formula is C29H33ClN2O5. The molecule has 0 spiro atoms. The Balaban J connectivity index is 1.92. The summed E-state index contributed by atoms with van der Waals surface area (Å²) in [5.41, 5.74) is 1.74. The van der Waals surface area contributed by atoms with Crippen molar-refractivity contribution in [3.63, 3.8) is 0 Å². The van der Waals surface area contributed by atoms with E-state index in [2.05, 4.69) is 5.32 Å². The third-order valence-corrected chi connectivity index (χ3v) is 5.87. The van der Waals surface area contributed by atoms with Crippen LogP contribution >= 0.6 is 11.6 Å². The number of nitrogens with one attached hydrogen (secondary N) is 1. The van der Waals surface area contributed by atoms with Gasteiger partial charge in [0.1, 0.15) is 23.3 Å². The lowest BCUT2D eigenvalue weighted by molar-refractivity contribution is -0.143. The lowest BCUT2D eigenvalue weighted by atomic mass is 10.0. The average Bonchev–Trinajstić information content (AvgIpc) is 2.89. The molecule has 37 heavy (non-hydrogen) atoms. The van der Waals surface area contributed by atoms with E-state index in [4.69, 9.17) is 25.8 Å². The first-order valence-electron chi connectivity index (χ1n) is 12.0. The Morgan fingerprint density at radius 2 is 1.49 bits per heavy atom. The lowest BCUT2D eigenvalue weighted by Crippen LogP contribution is -2.52. The molecule has 0 radical (unpaired) electrons. The standard InChI is InChI=1S/C29H33ClN2O5/c1-20(2)31-29(34)27(14-21-9-6-5-7-10-21)32(18-22-11-8-12-23(30)13-22)28(33)19-37-26-16-24(35-3)15-25(17-26)36-4/h5-13,15-17,20,27H,14,18-19H2,1-4H3,(H,31,34)/t27-/m1/s1. The van der Waals surface area contributed by atoms with Gasteiger partial charge in [-0.05, 0) is 37.1 Å². The fourth-order valence-electron chi connectivity index (χ4n) is 3.86. The molecule has 0 aliphatic heterocycles. The molecule has 0 saturated heterocycles. The van der Waals surface area contributed by atoms with Gasteiger partial charge in [-0.2, -0.15) is 0 Å².